The van der Waals surface area contributed by atoms with Crippen LogP contribution in [-0.2, 0) is 10.9 Å². The van der Waals surface area contributed by atoms with Crippen LogP contribution < -0.4 is 5.32 Å². The highest BCUT2D eigenvalue weighted by Crippen LogP contribution is 2.33. The molecule has 1 heterocycles. The summed E-state index contributed by atoms with van der Waals surface area (Å²) in [6.45, 7) is 1.30. The van der Waals surface area contributed by atoms with Crippen LogP contribution >= 0.6 is 15.9 Å². The van der Waals surface area contributed by atoms with E-state index in [-0.39, 0.29) is 6.04 Å². The lowest BCUT2D eigenvalue weighted by molar-refractivity contribution is -0.137. The predicted molar refractivity (Wildman–Crippen MR) is 66.6 cm³/mol. The van der Waals surface area contributed by atoms with E-state index in [2.05, 4.69) is 21.2 Å². The number of halogens is 4. The molecule has 1 aromatic rings. The van der Waals surface area contributed by atoms with Crippen LogP contribution in [0.2, 0.25) is 0 Å². The van der Waals surface area contributed by atoms with Gasteiger partial charge < -0.3 is 10.1 Å². The molecule has 1 aromatic carbocycles. The average molecular weight is 324 g/mol. The fourth-order valence-corrected chi connectivity index (χ4v) is 2.41. The highest BCUT2D eigenvalue weighted by Gasteiger charge is 2.31. The molecule has 0 saturated carbocycles. The Morgan fingerprint density at radius 3 is 2.44 bits per heavy atom. The third-order valence-electron chi connectivity index (χ3n) is 2.82. The van der Waals surface area contributed by atoms with E-state index in [1.165, 1.54) is 0 Å². The molecule has 1 aliphatic heterocycles. The first kappa shape index (κ1) is 13.7. The Labute approximate surface area is 112 Å². The third kappa shape index (κ3) is 3.62. The second-order valence-electron chi connectivity index (χ2n) is 4.26. The van der Waals surface area contributed by atoms with E-state index in [1.54, 1.807) is 6.07 Å². The van der Waals surface area contributed by atoms with Gasteiger partial charge in [0.25, 0.3) is 0 Å². The smallest absolute Gasteiger partial charge is 0.382 e. The summed E-state index contributed by atoms with van der Waals surface area (Å²) in [6, 6.07) is 4.05. The van der Waals surface area contributed by atoms with Crippen molar-refractivity contribution in [3.05, 3.63) is 28.2 Å². The lowest BCUT2D eigenvalue weighted by Crippen LogP contribution is -2.27. The predicted octanol–water partition coefficient (Wildman–Crippen LogP) is 4.06. The monoisotopic (exact) mass is 323 g/mol. The zero-order valence-corrected chi connectivity index (χ0v) is 11.1. The Hall–Kier alpha value is -0.750. The lowest BCUT2D eigenvalue weighted by atomic mass is 10.1. The number of ether oxygens (including phenoxy) is 1. The molecule has 1 fully saturated rings. The molecule has 0 aliphatic carbocycles. The first-order valence-electron chi connectivity index (χ1n) is 5.67. The fourth-order valence-electron chi connectivity index (χ4n) is 1.91. The van der Waals surface area contributed by atoms with Crippen molar-refractivity contribution in [1.82, 2.24) is 0 Å². The van der Waals surface area contributed by atoms with Crippen LogP contribution in [0.5, 0.6) is 0 Å². The highest BCUT2D eigenvalue weighted by molar-refractivity contribution is 9.10. The van der Waals surface area contributed by atoms with Crippen molar-refractivity contribution in [2.45, 2.75) is 25.1 Å². The summed E-state index contributed by atoms with van der Waals surface area (Å²) in [7, 11) is 0. The maximum atomic E-state index is 12.7. The van der Waals surface area contributed by atoms with E-state index < -0.39 is 11.7 Å². The molecule has 0 amide bonds. The van der Waals surface area contributed by atoms with E-state index in [4.69, 9.17) is 4.74 Å². The average Bonchev–Trinajstić information content (AvgIpc) is 2.28. The van der Waals surface area contributed by atoms with Crippen molar-refractivity contribution >= 4 is 21.6 Å². The van der Waals surface area contributed by atoms with Gasteiger partial charge in [-0.05, 0) is 31.0 Å². The summed E-state index contributed by atoms with van der Waals surface area (Å²) in [5.41, 5.74) is -0.157. The van der Waals surface area contributed by atoms with Crippen LogP contribution in [0.25, 0.3) is 0 Å². The van der Waals surface area contributed by atoms with Crippen molar-refractivity contribution in [3.8, 4) is 0 Å². The van der Waals surface area contributed by atoms with Crippen LogP contribution in [-0.4, -0.2) is 19.3 Å². The molecule has 0 atom stereocenters. The van der Waals surface area contributed by atoms with Gasteiger partial charge in [-0.15, -0.1) is 0 Å². The molecular formula is C12H13BrF3NO. The Kier molecular flexibility index (Phi) is 4.17. The molecule has 100 valence electrons. The topological polar surface area (TPSA) is 21.3 Å². The summed E-state index contributed by atoms with van der Waals surface area (Å²) >= 11 is 3.11. The third-order valence-corrected chi connectivity index (χ3v) is 3.28. The number of alkyl halides is 3. The van der Waals surface area contributed by atoms with Crippen molar-refractivity contribution in [2.24, 2.45) is 0 Å². The van der Waals surface area contributed by atoms with Gasteiger partial charge in [0.15, 0.2) is 0 Å². The van der Waals surface area contributed by atoms with Gasteiger partial charge in [-0.1, -0.05) is 15.9 Å². The Morgan fingerprint density at radius 1 is 1.17 bits per heavy atom. The quantitative estimate of drug-likeness (QED) is 0.886. The maximum Gasteiger partial charge on any atom is 0.416 e. The zero-order valence-electron chi connectivity index (χ0n) is 9.56. The van der Waals surface area contributed by atoms with E-state index in [0.29, 0.717) is 23.4 Å². The highest BCUT2D eigenvalue weighted by atomic mass is 79.9. The molecule has 2 rings (SSSR count). The molecule has 1 N–H and O–H groups in total. The van der Waals surface area contributed by atoms with Gasteiger partial charge in [0, 0.05) is 29.4 Å². The lowest BCUT2D eigenvalue weighted by Gasteiger charge is -2.24. The minimum atomic E-state index is -4.32. The summed E-state index contributed by atoms with van der Waals surface area (Å²) in [4.78, 5) is 0. The van der Waals surface area contributed by atoms with E-state index >= 15 is 0 Å². The fraction of sp³-hybridized carbons (Fsp3) is 0.500. The van der Waals surface area contributed by atoms with Crippen LogP contribution in [0.3, 0.4) is 0 Å². The van der Waals surface area contributed by atoms with Crippen LogP contribution in [0, 0.1) is 0 Å². The minimum absolute atomic E-state index is 0.175. The van der Waals surface area contributed by atoms with Crippen LogP contribution in [0.1, 0.15) is 18.4 Å². The molecule has 1 aliphatic rings. The second kappa shape index (κ2) is 5.48. The van der Waals surface area contributed by atoms with Crippen LogP contribution in [0.15, 0.2) is 22.7 Å². The number of nitrogens with one attached hydrogen (secondary N) is 1. The van der Waals surface area contributed by atoms with Gasteiger partial charge in [-0.25, -0.2) is 0 Å². The van der Waals surface area contributed by atoms with Gasteiger partial charge in [0.1, 0.15) is 0 Å². The largest absolute Gasteiger partial charge is 0.416 e. The van der Waals surface area contributed by atoms with Crippen molar-refractivity contribution in [3.63, 3.8) is 0 Å². The molecule has 18 heavy (non-hydrogen) atoms. The van der Waals surface area contributed by atoms with Crippen molar-refractivity contribution in [2.75, 3.05) is 18.5 Å². The Morgan fingerprint density at radius 2 is 1.83 bits per heavy atom. The summed E-state index contributed by atoms with van der Waals surface area (Å²) in [5.74, 6) is 0. The van der Waals surface area contributed by atoms with Gasteiger partial charge in [-0.3, -0.25) is 0 Å². The second-order valence-corrected chi connectivity index (χ2v) is 5.17. The summed E-state index contributed by atoms with van der Waals surface area (Å²) in [5, 5.41) is 3.12. The van der Waals surface area contributed by atoms with Gasteiger partial charge >= 0.3 is 6.18 Å². The molecular weight excluding hydrogens is 311 g/mol. The van der Waals surface area contributed by atoms with E-state index in [0.717, 1.165) is 25.0 Å². The number of hydrogen-bond acceptors (Lipinski definition) is 2. The Bertz CT molecular complexity index is 416. The first-order valence-corrected chi connectivity index (χ1v) is 6.46. The minimum Gasteiger partial charge on any atom is -0.382 e. The number of rotatable bonds is 2. The zero-order chi connectivity index (χ0) is 13.2. The van der Waals surface area contributed by atoms with Gasteiger partial charge in [0.05, 0.1) is 5.56 Å². The Balaban J connectivity index is 2.14. The number of hydrogen-bond donors (Lipinski definition) is 1. The SMILES string of the molecule is FC(F)(F)c1cc(Br)cc(NC2CCOCC2)c1. The maximum absolute atomic E-state index is 12.7. The number of benzene rings is 1. The summed E-state index contributed by atoms with van der Waals surface area (Å²) < 4.78 is 43.6. The first-order chi connectivity index (χ1) is 8.45. The molecule has 0 aromatic heterocycles. The summed E-state index contributed by atoms with van der Waals surface area (Å²) in [6.07, 6.45) is -2.70. The van der Waals surface area contributed by atoms with Gasteiger partial charge in [0.2, 0.25) is 0 Å². The standard InChI is InChI=1S/C12H13BrF3NO/c13-9-5-8(12(14,15)16)6-11(7-9)17-10-1-3-18-4-2-10/h5-7,10,17H,1-4H2. The normalized spacial score (nSPS) is 17.8. The molecule has 1 saturated heterocycles. The molecule has 0 unspecified atom stereocenters. The molecule has 0 radical (unpaired) electrons. The van der Waals surface area contributed by atoms with E-state index in [9.17, 15) is 13.2 Å². The van der Waals surface area contributed by atoms with Gasteiger partial charge in [-0.2, -0.15) is 13.2 Å². The van der Waals surface area contributed by atoms with E-state index in [1.807, 2.05) is 0 Å². The molecule has 0 bridgehead atoms. The molecule has 0 spiro atoms. The van der Waals surface area contributed by atoms with Crippen LogP contribution in [0.4, 0.5) is 18.9 Å². The molecule has 2 nitrogen and oxygen atoms in total. The van der Waals surface area contributed by atoms with Crippen molar-refractivity contribution in [1.29, 1.82) is 0 Å². The molecule has 6 heteroatoms. The van der Waals surface area contributed by atoms with Crippen molar-refractivity contribution < 1.29 is 17.9 Å². The number of anilines is 1.